The van der Waals surface area contributed by atoms with Gasteiger partial charge in [-0.25, -0.2) is 8.78 Å². The maximum Gasteiger partial charge on any atom is 0.239 e. The van der Waals surface area contributed by atoms with Crippen LogP contribution in [0.1, 0.15) is 18.0 Å². The van der Waals surface area contributed by atoms with Crippen LogP contribution in [0.15, 0.2) is 42.5 Å². The Labute approximate surface area is 194 Å². The Bertz CT molecular complexity index is 1250. The van der Waals surface area contributed by atoms with Gasteiger partial charge in [-0.1, -0.05) is 12.1 Å². The van der Waals surface area contributed by atoms with E-state index < -0.39 is 11.6 Å². The summed E-state index contributed by atoms with van der Waals surface area (Å²) in [6.07, 6.45) is 0.484. The van der Waals surface area contributed by atoms with Gasteiger partial charge >= 0.3 is 0 Å². The fourth-order valence-corrected chi connectivity index (χ4v) is 4.47. The van der Waals surface area contributed by atoms with E-state index in [0.717, 1.165) is 17.8 Å². The highest BCUT2D eigenvalue weighted by molar-refractivity contribution is 5.82. The molecule has 2 unspecified atom stereocenters. The average molecular weight is 464 g/mol. The monoisotopic (exact) mass is 464 g/mol. The van der Waals surface area contributed by atoms with Crippen LogP contribution in [0, 0.1) is 23.0 Å². The van der Waals surface area contributed by atoms with Gasteiger partial charge in [-0.05, 0) is 35.9 Å². The van der Waals surface area contributed by atoms with Gasteiger partial charge in [0, 0.05) is 38.8 Å². The first-order valence-electron chi connectivity index (χ1n) is 11.0. The van der Waals surface area contributed by atoms with E-state index in [1.807, 2.05) is 23.1 Å². The number of para-hydroxylation sites is 1. The number of amides is 1. The predicted molar refractivity (Wildman–Crippen MR) is 119 cm³/mol. The highest BCUT2D eigenvalue weighted by atomic mass is 19.1. The molecule has 2 atom stereocenters. The van der Waals surface area contributed by atoms with Crippen LogP contribution < -0.4 is 10.2 Å². The standard InChI is InChI=1S/C23H22F2N8O/c24-16-5-6-18(19(25)11-16)22-28-30-33(29-22)17-12-20(27-14-17)23(34)32-9-7-31(8-10-32)21-4-2-1-3-15(21)13-26/h1-6,11,17,20,27H,7-10,12,14H2. The van der Waals surface area contributed by atoms with Gasteiger partial charge in [-0.2, -0.15) is 10.1 Å². The topological polar surface area (TPSA) is 103 Å². The molecule has 0 aliphatic carbocycles. The van der Waals surface area contributed by atoms with Crippen LogP contribution in [0.2, 0.25) is 0 Å². The fraction of sp³-hybridized carbons (Fsp3) is 0.348. The molecule has 0 radical (unpaired) electrons. The Balaban J connectivity index is 1.19. The van der Waals surface area contributed by atoms with Gasteiger partial charge in [0.15, 0.2) is 0 Å². The number of nitrogens with zero attached hydrogens (tertiary/aromatic N) is 7. The molecular formula is C23H22F2N8O. The second-order valence-corrected chi connectivity index (χ2v) is 8.35. The van der Waals surface area contributed by atoms with Gasteiger partial charge < -0.3 is 15.1 Å². The summed E-state index contributed by atoms with van der Waals surface area (Å²) in [6.45, 7) is 2.91. The molecule has 2 aliphatic rings. The number of carbonyl (C=O) groups excluding carboxylic acids is 1. The molecule has 2 saturated heterocycles. The van der Waals surface area contributed by atoms with E-state index in [-0.39, 0.29) is 29.4 Å². The number of benzene rings is 2. The summed E-state index contributed by atoms with van der Waals surface area (Å²) >= 11 is 0. The Morgan fingerprint density at radius 3 is 2.68 bits per heavy atom. The maximum atomic E-state index is 14.0. The number of nitriles is 1. The van der Waals surface area contributed by atoms with Crippen molar-refractivity contribution < 1.29 is 13.6 Å². The number of carbonyl (C=O) groups is 1. The predicted octanol–water partition coefficient (Wildman–Crippen LogP) is 1.74. The normalized spacial score (nSPS) is 20.4. The number of rotatable bonds is 4. The third kappa shape index (κ3) is 4.20. The maximum absolute atomic E-state index is 14.0. The molecular weight excluding hydrogens is 442 g/mol. The van der Waals surface area contributed by atoms with Crippen LogP contribution in [0.25, 0.3) is 11.4 Å². The lowest BCUT2D eigenvalue weighted by molar-refractivity contribution is -0.133. The molecule has 174 valence electrons. The smallest absolute Gasteiger partial charge is 0.239 e. The molecule has 3 heterocycles. The first-order chi connectivity index (χ1) is 16.5. The largest absolute Gasteiger partial charge is 0.367 e. The second-order valence-electron chi connectivity index (χ2n) is 8.35. The van der Waals surface area contributed by atoms with Crippen LogP contribution >= 0.6 is 0 Å². The van der Waals surface area contributed by atoms with Crippen molar-refractivity contribution in [2.45, 2.75) is 18.5 Å². The van der Waals surface area contributed by atoms with Crippen molar-refractivity contribution in [1.29, 1.82) is 5.26 Å². The summed E-state index contributed by atoms with van der Waals surface area (Å²) in [5.74, 6) is -1.35. The minimum atomic E-state index is -0.756. The van der Waals surface area contributed by atoms with Crippen molar-refractivity contribution >= 4 is 11.6 Å². The summed E-state index contributed by atoms with van der Waals surface area (Å²) < 4.78 is 27.2. The Hall–Kier alpha value is -3.91. The lowest BCUT2D eigenvalue weighted by Crippen LogP contribution is -2.53. The molecule has 1 N–H and O–H groups in total. The van der Waals surface area contributed by atoms with E-state index in [4.69, 9.17) is 0 Å². The minimum Gasteiger partial charge on any atom is -0.367 e. The van der Waals surface area contributed by atoms with Crippen LogP contribution in [0.5, 0.6) is 0 Å². The van der Waals surface area contributed by atoms with E-state index in [2.05, 4.69) is 31.7 Å². The van der Waals surface area contributed by atoms with Gasteiger partial charge in [-0.15, -0.1) is 10.2 Å². The Kier molecular flexibility index (Phi) is 5.90. The molecule has 9 nitrogen and oxygen atoms in total. The van der Waals surface area contributed by atoms with Gasteiger partial charge in [0.05, 0.1) is 28.9 Å². The summed E-state index contributed by atoms with van der Waals surface area (Å²) in [7, 11) is 0. The van der Waals surface area contributed by atoms with E-state index in [1.54, 1.807) is 6.07 Å². The number of hydrogen-bond acceptors (Lipinski definition) is 7. The van der Waals surface area contributed by atoms with Crippen molar-refractivity contribution in [3.8, 4) is 17.5 Å². The molecule has 5 rings (SSSR count). The molecule has 0 saturated carbocycles. The Morgan fingerprint density at radius 2 is 1.91 bits per heavy atom. The lowest BCUT2D eigenvalue weighted by Gasteiger charge is -2.37. The number of piperazine rings is 1. The van der Waals surface area contributed by atoms with Gasteiger partial charge in [0.25, 0.3) is 0 Å². The summed E-state index contributed by atoms with van der Waals surface area (Å²) in [5, 5.41) is 24.7. The first-order valence-corrected chi connectivity index (χ1v) is 11.0. The van der Waals surface area contributed by atoms with E-state index >= 15 is 0 Å². The van der Waals surface area contributed by atoms with Crippen LogP contribution in [-0.4, -0.2) is 69.8 Å². The molecule has 2 aromatic carbocycles. The van der Waals surface area contributed by atoms with E-state index in [1.165, 1.54) is 10.9 Å². The Morgan fingerprint density at radius 1 is 1.12 bits per heavy atom. The van der Waals surface area contributed by atoms with Crippen LogP contribution in [-0.2, 0) is 4.79 Å². The number of nitrogens with one attached hydrogen (secondary N) is 1. The van der Waals surface area contributed by atoms with Crippen LogP contribution in [0.3, 0.4) is 0 Å². The average Bonchev–Trinajstić information content (AvgIpc) is 3.54. The molecule has 0 spiro atoms. The first kappa shape index (κ1) is 21.9. The molecule has 1 aromatic heterocycles. The SMILES string of the molecule is N#Cc1ccccc1N1CCN(C(=O)C2CC(n3nnc(-c4ccc(F)cc4F)n3)CN2)CC1. The summed E-state index contributed by atoms with van der Waals surface area (Å²) in [4.78, 5) is 18.4. The zero-order valence-electron chi connectivity index (χ0n) is 18.2. The van der Waals surface area contributed by atoms with Gasteiger partial charge in [-0.3, -0.25) is 4.79 Å². The number of anilines is 1. The van der Waals surface area contributed by atoms with E-state index in [9.17, 15) is 18.8 Å². The second kappa shape index (κ2) is 9.15. The third-order valence-electron chi connectivity index (χ3n) is 6.29. The van der Waals surface area contributed by atoms with Crippen molar-refractivity contribution in [3.05, 3.63) is 59.7 Å². The van der Waals surface area contributed by atoms with E-state index in [0.29, 0.717) is 44.7 Å². The molecule has 2 fully saturated rings. The zero-order valence-corrected chi connectivity index (χ0v) is 18.2. The van der Waals surface area contributed by atoms with Crippen molar-refractivity contribution in [2.75, 3.05) is 37.6 Å². The highest BCUT2D eigenvalue weighted by Crippen LogP contribution is 2.25. The molecule has 1 amide bonds. The van der Waals surface area contributed by atoms with Gasteiger partial charge in [0.1, 0.15) is 17.7 Å². The van der Waals surface area contributed by atoms with Crippen molar-refractivity contribution in [1.82, 2.24) is 30.4 Å². The quantitative estimate of drug-likeness (QED) is 0.627. The molecule has 0 bridgehead atoms. The molecule has 11 heteroatoms. The number of tetrazole rings is 1. The zero-order chi connectivity index (χ0) is 23.7. The minimum absolute atomic E-state index is 0.0145. The number of halogens is 2. The lowest BCUT2D eigenvalue weighted by atomic mass is 10.1. The van der Waals surface area contributed by atoms with Crippen molar-refractivity contribution in [3.63, 3.8) is 0 Å². The fourth-order valence-electron chi connectivity index (χ4n) is 4.47. The van der Waals surface area contributed by atoms with Crippen molar-refractivity contribution in [2.24, 2.45) is 0 Å². The third-order valence-corrected chi connectivity index (χ3v) is 6.29. The highest BCUT2D eigenvalue weighted by Gasteiger charge is 2.35. The molecule has 2 aliphatic heterocycles. The van der Waals surface area contributed by atoms with Crippen LogP contribution in [0.4, 0.5) is 14.5 Å². The summed E-state index contributed by atoms with van der Waals surface area (Å²) in [6, 6.07) is 12.3. The molecule has 34 heavy (non-hydrogen) atoms. The number of hydrogen-bond donors (Lipinski definition) is 1. The number of aromatic nitrogens is 4. The molecule has 3 aromatic rings. The summed E-state index contributed by atoms with van der Waals surface area (Å²) in [5.41, 5.74) is 1.59. The van der Waals surface area contributed by atoms with Gasteiger partial charge in [0.2, 0.25) is 11.7 Å².